The van der Waals surface area contributed by atoms with Crippen molar-refractivity contribution in [2.24, 2.45) is 5.10 Å². The largest absolute Gasteiger partial charge is 0.489 e. The Labute approximate surface area is 242 Å². The van der Waals surface area contributed by atoms with Crippen LogP contribution in [0, 0.1) is 0 Å². The molecule has 8 nitrogen and oxygen atoms in total. The number of halogens is 1. The zero-order valence-corrected chi connectivity index (χ0v) is 22.7. The highest BCUT2D eigenvalue weighted by Gasteiger charge is 2.13. The van der Waals surface area contributed by atoms with Gasteiger partial charge in [-0.1, -0.05) is 72.3 Å². The van der Waals surface area contributed by atoms with Crippen molar-refractivity contribution >= 4 is 29.6 Å². The monoisotopic (exact) mass is 563 g/mol. The summed E-state index contributed by atoms with van der Waals surface area (Å²) in [4.78, 5) is 24.6. The Hall–Kier alpha value is -5.21. The van der Waals surface area contributed by atoms with E-state index in [9.17, 15) is 9.59 Å². The fraction of sp³-hybridized carbons (Fsp3) is 0.0625. The topological polar surface area (TPSA) is 97.6 Å². The van der Waals surface area contributed by atoms with E-state index in [2.05, 4.69) is 15.8 Å². The second-order valence-electron chi connectivity index (χ2n) is 8.97. The van der Waals surface area contributed by atoms with Crippen LogP contribution < -0.4 is 15.5 Å². The third-order valence-electron chi connectivity index (χ3n) is 6.06. The molecule has 1 heterocycles. The SMILES string of the molecule is O=C(CNC(=O)c1ccccc1Cl)N/N=C/c1cn(-c2ccccc2)nc1-c1ccc(OCc2ccccc2)cc1. The zero-order chi connectivity index (χ0) is 28.4. The highest BCUT2D eigenvalue weighted by molar-refractivity contribution is 6.33. The molecule has 0 aliphatic rings. The summed E-state index contributed by atoms with van der Waals surface area (Å²) in [7, 11) is 0. The van der Waals surface area contributed by atoms with Crippen molar-refractivity contribution in [1.82, 2.24) is 20.5 Å². The molecule has 41 heavy (non-hydrogen) atoms. The summed E-state index contributed by atoms with van der Waals surface area (Å²) in [6.45, 7) is 0.210. The van der Waals surface area contributed by atoms with Gasteiger partial charge in [0.1, 0.15) is 18.1 Å². The number of rotatable bonds is 10. The number of hydrogen-bond acceptors (Lipinski definition) is 5. The predicted octanol–water partition coefficient (Wildman–Crippen LogP) is 5.65. The highest BCUT2D eigenvalue weighted by atomic mass is 35.5. The number of nitrogens with zero attached hydrogens (tertiary/aromatic N) is 3. The van der Waals surface area contributed by atoms with Crippen molar-refractivity contribution in [3.05, 3.63) is 137 Å². The Balaban J connectivity index is 1.27. The molecule has 2 amide bonds. The number of hydrazone groups is 1. The van der Waals surface area contributed by atoms with Gasteiger partial charge in [-0.25, -0.2) is 10.1 Å². The van der Waals surface area contributed by atoms with Crippen LogP contribution in [-0.2, 0) is 11.4 Å². The summed E-state index contributed by atoms with van der Waals surface area (Å²) in [6, 6.07) is 33.9. The molecule has 204 valence electrons. The standard InChI is InChI=1S/C32H26ClN5O3/c33-29-14-8-7-13-28(29)32(40)34-20-30(39)36-35-19-25-21-38(26-11-5-2-6-12-26)37-31(25)24-15-17-27(18-16-24)41-22-23-9-3-1-4-10-23/h1-19,21H,20,22H2,(H,34,40)(H,36,39)/b35-19+. The van der Waals surface area contributed by atoms with E-state index < -0.39 is 11.8 Å². The Morgan fingerprint density at radius 1 is 0.878 bits per heavy atom. The smallest absolute Gasteiger partial charge is 0.259 e. The van der Waals surface area contributed by atoms with E-state index in [1.54, 1.807) is 28.9 Å². The van der Waals surface area contributed by atoms with E-state index in [1.807, 2.05) is 91.1 Å². The van der Waals surface area contributed by atoms with E-state index in [0.29, 0.717) is 28.5 Å². The van der Waals surface area contributed by atoms with Crippen LogP contribution in [0.15, 0.2) is 120 Å². The molecule has 0 unspecified atom stereocenters. The minimum Gasteiger partial charge on any atom is -0.489 e. The van der Waals surface area contributed by atoms with Crippen LogP contribution in [0.3, 0.4) is 0 Å². The molecule has 4 aromatic carbocycles. The lowest BCUT2D eigenvalue weighted by molar-refractivity contribution is -0.120. The molecule has 5 rings (SSSR count). The van der Waals surface area contributed by atoms with Gasteiger partial charge in [-0.3, -0.25) is 9.59 Å². The van der Waals surface area contributed by atoms with E-state index >= 15 is 0 Å². The molecule has 0 atom stereocenters. The van der Waals surface area contributed by atoms with Crippen LogP contribution in [0.4, 0.5) is 0 Å². The quantitative estimate of drug-likeness (QED) is 0.169. The van der Waals surface area contributed by atoms with Crippen LogP contribution >= 0.6 is 11.6 Å². The Morgan fingerprint density at radius 2 is 1.56 bits per heavy atom. The van der Waals surface area contributed by atoms with Gasteiger partial charge in [0.05, 0.1) is 29.0 Å². The van der Waals surface area contributed by atoms with Gasteiger partial charge in [0, 0.05) is 17.3 Å². The number of aromatic nitrogens is 2. The molecule has 0 spiro atoms. The molecule has 9 heteroatoms. The lowest BCUT2D eigenvalue weighted by Gasteiger charge is -2.07. The van der Waals surface area contributed by atoms with Gasteiger partial charge in [0.15, 0.2) is 0 Å². The van der Waals surface area contributed by atoms with E-state index in [4.69, 9.17) is 21.4 Å². The van der Waals surface area contributed by atoms with E-state index in [1.165, 1.54) is 6.21 Å². The maximum Gasteiger partial charge on any atom is 0.259 e. The molecule has 5 aromatic rings. The first-order valence-corrected chi connectivity index (χ1v) is 13.2. The number of amides is 2. The van der Waals surface area contributed by atoms with E-state index in [0.717, 1.165) is 22.6 Å². The third kappa shape index (κ3) is 7.26. The average Bonchev–Trinajstić information content (AvgIpc) is 3.44. The van der Waals surface area contributed by atoms with Gasteiger partial charge in [0.25, 0.3) is 11.8 Å². The summed E-state index contributed by atoms with van der Waals surface area (Å²) in [5, 5.41) is 11.7. The van der Waals surface area contributed by atoms with Gasteiger partial charge in [-0.15, -0.1) is 0 Å². The molecule has 2 N–H and O–H groups in total. The number of nitrogens with one attached hydrogen (secondary N) is 2. The molecule has 0 saturated carbocycles. The summed E-state index contributed by atoms with van der Waals surface area (Å²) >= 11 is 6.05. The zero-order valence-electron chi connectivity index (χ0n) is 21.9. The fourth-order valence-corrected chi connectivity index (χ4v) is 4.21. The average molecular weight is 564 g/mol. The molecular weight excluding hydrogens is 538 g/mol. The number of para-hydroxylation sites is 1. The minimum absolute atomic E-state index is 0.262. The third-order valence-corrected chi connectivity index (χ3v) is 6.39. The number of hydrogen-bond donors (Lipinski definition) is 2. The molecule has 0 aliphatic carbocycles. The highest BCUT2D eigenvalue weighted by Crippen LogP contribution is 2.25. The number of carbonyl (C=O) groups is 2. The predicted molar refractivity (Wildman–Crippen MR) is 159 cm³/mol. The summed E-state index contributed by atoms with van der Waals surface area (Å²) in [5.41, 5.74) is 6.92. The Bertz CT molecular complexity index is 1650. The Kier molecular flexibility index (Phi) is 8.83. The maximum atomic E-state index is 12.3. The van der Waals surface area contributed by atoms with Crippen molar-refractivity contribution < 1.29 is 14.3 Å². The number of ether oxygens (including phenoxy) is 1. The van der Waals surface area contributed by atoms with Crippen LogP contribution in [0.2, 0.25) is 5.02 Å². The molecule has 0 aliphatic heterocycles. The van der Waals surface area contributed by atoms with Gasteiger partial charge in [-0.2, -0.15) is 10.2 Å². The van der Waals surface area contributed by atoms with Crippen LogP contribution in [0.25, 0.3) is 16.9 Å². The lowest BCUT2D eigenvalue weighted by atomic mass is 10.1. The Morgan fingerprint density at radius 3 is 2.29 bits per heavy atom. The van der Waals surface area contributed by atoms with Crippen LogP contribution in [-0.4, -0.2) is 34.4 Å². The fourth-order valence-electron chi connectivity index (χ4n) is 3.98. The molecule has 0 fully saturated rings. The molecular formula is C32H26ClN5O3. The van der Waals surface area contributed by atoms with Crippen molar-refractivity contribution in [2.45, 2.75) is 6.61 Å². The second-order valence-corrected chi connectivity index (χ2v) is 9.37. The van der Waals surface area contributed by atoms with E-state index in [-0.39, 0.29) is 6.54 Å². The van der Waals surface area contributed by atoms with Crippen molar-refractivity contribution in [1.29, 1.82) is 0 Å². The normalized spacial score (nSPS) is 10.9. The first kappa shape index (κ1) is 27.4. The second kappa shape index (κ2) is 13.2. The van der Waals surface area contributed by atoms with Gasteiger partial charge in [0.2, 0.25) is 0 Å². The number of benzene rings is 4. The van der Waals surface area contributed by atoms with Crippen molar-refractivity contribution in [2.75, 3.05) is 6.54 Å². The van der Waals surface area contributed by atoms with Crippen LogP contribution in [0.5, 0.6) is 5.75 Å². The van der Waals surface area contributed by atoms with Crippen molar-refractivity contribution in [3.63, 3.8) is 0 Å². The summed E-state index contributed by atoms with van der Waals surface area (Å²) in [5.74, 6) is -0.197. The lowest BCUT2D eigenvalue weighted by Crippen LogP contribution is -2.35. The first-order valence-electron chi connectivity index (χ1n) is 12.8. The minimum atomic E-state index is -0.487. The van der Waals surface area contributed by atoms with Crippen LogP contribution in [0.1, 0.15) is 21.5 Å². The summed E-state index contributed by atoms with van der Waals surface area (Å²) in [6.07, 6.45) is 3.36. The van der Waals surface area contributed by atoms with Gasteiger partial charge >= 0.3 is 0 Å². The molecule has 1 aromatic heterocycles. The molecule has 0 saturated heterocycles. The first-order chi connectivity index (χ1) is 20.1. The maximum absolute atomic E-state index is 12.3. The number of carbonyl (C=O) groups excluding carboxylic acids is 2. The summed E-state index contributed by atoms with van der Waals surface area (Å²) < 4.78 is 7.67. The molecule has 0 radical (unpaired) electrons. The van der Waals surface area contributed by atoms with Gasteiger partial charge in [-0.05, 0) is 54.1 Å². The molecule has 0 bridgehead atoms. The van der Waals surface area contributed by atoms with Gasteiger partial charge < -0.3 is 10.1 Å². The van der Waals surface area contributed by atoms with Crippen molar-refractivity contribution in [3.8, 4) is 22.7 Å².